The second-order valence-electron chi connectivity index (χ2n) is 6.37. The Kier molecular flexibility index (Phi) is 7.08. The van der Waals surface area contributed by atoms with E-state index in [1.54, 1.807) is 4.90 Å². The molecule has 6 nitrogen and oxygen atoms in total. The Balaban J connectivity index is 1.81. The number of carbonyl (C=O) groups is 2. The van der Waals surface area contributed by atoms with Gasteiger partial charge in [0.05, 0.1) is 6.54 Å². The molecule has 138 valence electrons. The number of halogens is 1. The van der Waals surface area contributed by atoms with Crippen LogP contribution in [0.25, 0.3) is 0 Å². The molecule has 7 heteroatoms. The number of nitrogens with zero attached hydrogens (tertiary/aromatic N) is 2. The van der Waals surface area contributed by atoms with E-state index in [9.17, 15) is 9.59 Å². The van der Waals surface area contributed by atoms with E-state index in [2.05, 4.69) is 5.32 Å². The minimum Gasteiger partial charge on any atom is -0.480 e. The number of nitrogens with one attached hydrogen (secondary N) is 1. The van der Waals surface area contributed by atoms with Crippen molar-refractivity contribution in [3.8, 4) is 0 Å². The van der Waals surface area contributed by atoms with Crippen LogP contribution in [-0.4, -0.2) is 58.6 Å². The highest BCUT2D eigenvalue weighted by Gasteiger charge is 2.35. The third-order valence-corrected chi connectivity index (χ3v) is 4.91. The van der Waals surface area contributed by atoms with Crippen molar-refractivity contribution in [1.82, 2.24) is 15.1 Å². The molecule has 1 aliphatic rings. The van der Waals surface area contributed by atoms with E-state index >= 15 is 0 Å². The van der Waals surface area contributed by atoms with Crippen LogP contribution in [0.3, 0.4) is 0 Å². The smallest absolute Gasteiger partial charge is 0.317 e. The second kappa shape index (κ2) is 9.06. The number of carboxylic acid groups (broad SMARTS) is 1. The molecule has 0 atom stereocenters. The van der Waals surface area contributed by atoms with E-state index < -0.39 is 5.97 Å². The lowest BCUT2D eigenvalue weighted by Gasteiger charge is -2.42. The Labute approximate surface area is 153 Å². The highest BCUT2D eigenvalue weighted by atomic mass is 35.5. The summed E-state index contributed by atoms with van der Waals surface area (Å²) in [5, 5.41) is 12.7. The molecule has 1 aliphatic carbocycles. The van der Waals surface area contributed by atoms with Gasteiger partial charge < -0.3 is 15.3 Å². The Morgan fingerprint density at radius 1 is 1.20 bits per heavy atom. The molecule has 0 unspecified atom stereocenters. The fourth-order valence-corrected chi connectivity index (χ4v) is 3.21. The van der Waals surface area contributed by atoms with E-state index in [1.165, 1.54) is 0 Å². The molecule has 0 bridgehead atoms. The van der Waals surface area contributed by atoms with Gasteiger partial charge in [0.1, 0.15) is 0 Å². The first-order chi connectivity index (χ1) is 11.9. The van der Waals surface area contributed by atoms with E-state index in [1.807, 2.05) is 43.0 Å². The average Bonchev–Trinajstić information content (AvgIpc) is 2.55. The van der Waals surface area contributed by atoms with Gasteiger partial charge >= 0.3 is 12.0 Å². The maximum Gasteiger partial charge on any atom is 0.317 e. The molecule has 1 aromatic rings. The number of urea groups is 1. The first kappa shape index (κ1) is 19.5. The molecule has 2 rings (SSSR count). The largest absolute Gasteiger partial charge is 0.480 e. The number of benzene rings is 1. The molecule has 0 aromatic heterocycles. The molecule has 1 fully saturated rings. The van der Waals surface area contributed by atoms with Crippen molar-refractivity contribution in [2.75, 3.05) is 19.6 Å². The number of carboxylic acids is 1. The first-order valence-corrected chi connectivity index (χ1v) is 9.06. The van der Waals surface area contributed by atoms with Crippen molar-refractivity contribution in [2.45, 2.75) is 45.3 Å². The Morgan fingerprint density at radius 3 is 2.36 bits per heavy atom. The maximum atomic E-state index is 12.5. The van der Waals surface area contributed by atoms with E-state index in [4.69, 9.17) is 16.7 Å². The summed E-state index contributed by atoms with van der Waals surface area (Å²) in [6.07, 6.45) is 1.59. The average molecular weight is 368 g/mol. The van der Waals surface area contributed by atoms with Gasteiger partial charge in [-0.3, -0.25) is 9.69 Å². The quantitative estimate of drug-likeness (QED) is 0.741. The summed E-state index contributed by atoms with van der Waals surface area (Å²) in [4.78, 5) is 27.0. The van der Waals surface area contributed by atoms with Gasteiger partial charge in [0, 0.05) is 30.2 Å². The predicted octanol–water partition coefficient (Wildman–Crippen LogP) is 2.81. The zero-order chi connectivity index (χ0) is 18.4. The molecule has 2 N–H and O–H groups in total. The first-order valence-electron chi connectivity index (χ1n) is 8.68. The summed E-state index contributed by atoms with van der Waals surface area (Å²) < 4.78 is 0. The van der Waals surface area contributed by atoms with E-state index in [0.29, 0.717) is 24.7 Å². The second-order valence-corrected chi connectivity index (χ2v) is 6.81. The highest BCUT2D eigenvalue weighted by molar-refractivity contribution is 6.30. The topological polar surface area (TPSA) is 72.9 Å². The number of likely N-dealkylation sites (N-methyl/N-ethyl adjacent to an activating group) is 1. The molecule has 0 saturated heterocycles. The lowest BCUT2D eigenvalue weighted by molar-refractivity contribution is -0.139. The van der Waals surface area contributed by atoms with Gasteiger partial charge in [0.25, 0.3) is 0 Å². The van der Waals surface area contributed by atoms with Crippen LogP contribution in [0.15, 0.2) is 24.3 Å². The van der Waals surface area contributed by atoms with Gasteiger partial charge in [0.15, 0.2) is 0 Å². The number of hydrogen-bond donors (Lipinski definition) is 2. The van der Waals surface area contributed by atoms with Crippen molar-refractivity contribution >= 4 is 23.6 Å². The van der Waals surface area contributed by atoms with Crippen molar-refractivity contribution in [3.05, 3.63) is 34.9 Å². The van der Waals surface area contributed by atoms with Crippen molar-refractivity contribution in [2.24, 2.45) is 0 Å². The van der Waals surface area contributed by atoms with Crippen LogP contribution in [0.4, 0.5) is 4.79 Å². The summed E-state index contributed by atoms with van der Waals surface area (Å²) in [6, 6.07) is 7.74. The molecule has 2 amide bonds. The normalized spacial score (nSPS) is 19.4. The van der Waals surface area contributed by atoms with Crippen molar-refractivity contribution in [1.29, 1.82) is 0 Å². The Bertz CT molecular complexity index is 588. The highest BCUT2D eigenvalue weighted by Crippen LogP contribution is 2.25. The number of rotatable bonds is 8. The zero-order valence-corrected chi connectivity index (χ0v) is 15.5. The number of amides is 2. The molecular formula is C18H26ClN3O3. The summed E-state index contributed by atoms with van der Waals surface area (Å²) >= 11 is 5.89. The van der Waals surface area contributed by atoms with Crippen molar-refractivity contribution in [3.63, 3.8) is 0 Å². The fraction of sp³-hybridized carbons (Fsp3) is 0.556. The number of hydrogen-bond acceptors (Lipinski definition) is 3. The molecule has 0 heterocycles. The molecule has 1 aromatic carbocycles. The van der Waals surface area contributed by atoms with Crippen LogP contribution in [0, 0.1) is 0 Å². The lowest BCUT2D eigenvalue weighted by atomic mass is 9.85. The molecule has 0 radical (unpaired) electrons. The van der Waals surface area contributed by atoms with Gasteiger partial charge in [-0.05, 0) is 44.0 Å². The van der Waals surface area contributed by atoms with Gasteiger partial charge in [-0.2, -0.15) is 0 Å². The van der Waals surface area contributed by atoms with E-state index in [0.717, 1.165) is 18.4 Å². The third-order valence-electron chi connectivity index (χ3n) is 4.66. The molecule has 1 saturated carbocycles. The summed E-state index contributed by atoms with van der Waals surface area (Å²) in [5.41, 5.74) is 1.03. The standard InChI is InChI=1S/C18H26ClN3O3/c1-3-21(12-17(23)24)16-9-15(10-16)20-18(25)22(4-2)11-13-5-7-14(19)8-6-13/h5-8,15-16H,3-4,9-12H2,1-2H3,(H,20,25)(H,23,24). The Hall–Kier alpha value is -1.79. The fourth-order valence-electron chi connectivity index (χ4n) is 3.08. The van der Waals surface area contributed by atoms with Gasteiger partial charge in [-0.15, -0.1) is 0 Å². The Morgan fingerprint density at radius 2 is 1.84 bits per heavy atom. The van der Waals surface area contributed by atoms with Crippen LogP contribution in [-0.2, 0) is 11.3 Å². The predicted molar refractivity (Wildman–Crippen MR) is 97.8 cm³/mol. The molecule has 0 spiro atoms. The maximum absolute atomic E-state index is 12.5. The summed E-state index contributed by atoms with van der Waals surface area (Å²) in [6.45, 7) is 5.82. The van der Waals surface area contributed by atoms with Crippen LogP contribution in [0.5, 0.6) is 0 Å². The SMILES string of the molecule is CCN(Cc1ccc(Cl)cc1)C(=O)NC1CC(N(CC)CC(=O)O)C1. The molecular weight excluding hydrogens is 342 g/mol. The third kappa shape index (κ3) is 5.61. The molecule has 0 aliphatic heterocycles. The van der Waals surface area contributed by atoms with Crippen LogP contribution in [0.2, 0.25) is 5.02 Å². The van der Waals surface area contributed by atoms with Crippen LogP contribution in [0.1, 0.15) is 32.3 Å². The summed E-state index contributed by atoms with van der Waals surface area (Å²) in [5.74, 6) is -0.811. The zero-order valence-electron chi connectivity index (χ0n) is 14.7. The summed E-state index contributed by atoms with van der Waals surface area (Å²) in [7, 11) is 0. The van der Waals surface area contributed by atoms with Crippen LogP contribution < -0.4 is 5.32 Å². The number of carbonyl (C=O) groups excluding carboxylic acids is 1. The molecule has 25 heavy (non-hydrogen) atoms. The monoisotopic (exact) mass is 367 g/mol. The minimum absolute atomic E-state index is 0.0550. The minimum atomic E-state index is -0.811. The lowest BCUT2D eigenvalue weighted by Crippen LogP contribution is -2.56. The van der Waals surface area contributed by atoms with Gasteiger partial charge in [-0.25, -0.2) is 4.79 Å². The number of aliphatic carboxylic acids is 1. The van der Waals surface area contributed by atoms with E-state index in [-0.39, 0.29) is 24.7 Å². The van der Waals surface area contributed by atoms with Gasteiger partial charge in [0.2, 0.25) is 0 Å². The van der Waals surface area contributed by atoms with Crippen LogP contribution >= 0.6 is 11.6 Å². The van der Waals surface area contributed by atoms with Crippen molar-refractivity contribution < 1.29 is 14.7 Å². The van der Waals surface area contributed by atoms with Gasteiger partial charge in [-0.1, -0.05) is 30.7 Å².